The van der Waals surface area contributed by atoms with E-state index in [9.17, 15) is 51.1 Å². The molecule has 18 heteroatoms. The van der Waals surface area contributed by atoms with Crippen molar-refractivity contribution >= 4 is 0 Å². The summed E-state index contributed by atoms with van der Waals surface area (Å²) < 4.78 is 33.8. The Morgan fingerprint density at radius 1 is 0.276 bits per heavy atom. The topological polar surface area (TPSA) is 276 Å². The van der Waals surface area contributed by atoms with Crippen molar-refractivity contribution in [2.24, 2.45) is 0 Å². The molecular formula is C58H70O18. The van der Waals surface area contributed by atoms with Gasteiger partial charge < -0.3 is 79.5 Å². The number of benzene rings is 6. The van der Waals surface area contributed by atoms with Crippen molar-refractivity contribution in [1.82, 2.24) is 0 Å². The molecule has 410 valence electrons. The zero-order valence-electron chi connectivity index (χ0n) is 44.2. The highest BCUT2D eigenvalue weighted by Crippen LogP contribution is 2.48. The van der Waals surface area contributed by atoms with Crippen LogP contribution in [0.15, 0.2) is 72.8 Å². The Morgan fingerprint density at radius 3 is 0.671 bits per heavy atom. The van der Waals surface area contributed by atoms with Gasteiger partial charge in [0.2, 0.25) is 0 Å². The zero-order valence-corrected chi connectivity index (χ0v) is 44.2. The molecule has 0 saturated heterocycles. The van der Waals surface area contributed by atoms with Gasteiger partial charge in [-0.3, -0.25) is 9.78 Å². The first kappa shape index (κ1) is 58.9. The molecule has 0 aromatic heterocycles. The molecule has 0 radical (unpaired) electrons. The molecule has 18 nitrogen and oxygen atoms in total. The van der Waals surface area contributed by atoms with Crippen molar-refractivity contribution in [3.63, 3.8) is 0 Å². The van der Waals surface area contributed by atoms with Crippen LogP contribution in [0.4, 0.5) is 0 Å². The van der Waals surface area contributed by atoms with E-state index in [2.05, 4.69) is 0 Å². The third-order valence-corrected chi connectivity index (χ3v) is 14.1. The summed E-state index contributed by atoms with van der Waals surface area (Å²) in [6.45, 7) is 0.315. The van der Waals surface area contributed by atoms with E-state index >= 15 is 0 Å². The Bertz CT molecular complexity index is 2680. The highest BCUT2D eigenvalue weighted by Gasteiger charge is 2.38. The Morgan fingerprint density at radius 2 is 0.447 bits per heavy atom. The molecule has 0 bridgehead atoms. The van der Waals surface area contributed by atoms with Crippen molar-refractivity contribution in [3.05, 3.63) is 173 Å². The number of rotatable bonds is 27. The van der Waals surface area contributed by atoms with Crippen LogP contribution in [0.25, 0.3) is 0 Å². The number of hydrogen-bond donors (Lipinski definition) is 10. The third-order valence-electron chi connectivity index (χ3n) is 14.1. The Kier molecular flexibility index (Phi) is 20.2. The van der Waals surface area contributed by atoms with E-state index in [1.165, 1.54) is 66.9 Å². The maximum absolute atomic E-state index is 11.4. The average Bonchev–Trinajstić information content (AvgIpc) is 3.42. The fourth-order valence-corrected chi connectivity index (χ4v) is 9.88. The zero-order chi connectivity index (χ0) is 55.5. The van der Waals surface area contributed by atoms with Gasteiger partial charge in [0, 0.05) is 120 Å². The van der Waals surface area contributed by atoms with Crippen LogP contribution in [-0.4, -0.2) is 93.7 Å². The molecule has 6 aromatic rings. The van der Waals surface area contributed by atoms with E-state index in [-0.39, 0.29) is 108 Å². The quantitative estimate of drug-likeness (QED) is 0.0151. The first-order chi connectivity index (χ1) is 36.5. The van der Waals surface area contributed by atoms with Crippen LogP contribution < -0.4 is 9.78 Å². The smallest absolute Gasteiger partial charge is 0.189 e. The van der Waals surface area contributed by atoms with Crippen LogP contribution in [-0.2, 0) is 119 Å². The van der Waals surface area contributed by atoms with Gasteiger partial charge >= 0.3 is 0 Å². The summed E-state index contributed by atoms with van der Waals surface area (Å²) in [7, 11) is 9.15. The van der Waals surface area contributed by atoms with Gasteiger partial charge in [0.05, 0.1) is 79.3 Å². The molecule has 0 saturated carbocycles. The van der Waals surface area contributed by atoms with Crippen molar-refractivity contribution in [3.8, 4) is 34.5 Å². The van der Waals surface area contributed by atoms with E-state index in [1.807, 2.05) is 43.3 Å². The Labute approximate surface area is 442 Å². The molecule has 76 heavy (non-hydrogen) atoms. The van der Waals surface area contributed by atoms with Gasteiger partial charge in [0.25, 0.3) is 0 Å². The van der Waals surface area contributed by atoms with Crippen LogP contribution in [0.2, 0.25) is 0 Å². The van der Waals surface area contributed by atoms with Gasteiger partial charge in [-0.2, -0.15) is 0 Å². The summed E-state index contributed by atoms with van der Waals surface area (Å²) >= 11 is 0. The lowest BCUT2D eigenvalue weighted by atomic mass is 9.69. The predicted molar refractivity (Wildman–Crippen MR) is 277 cm³/mol. The summed E-state index contributed by atoms with van der Waals surface area (Å²) in [5.41, 5.74) is 4.44. The third kappa shape index (κ3) is 11.6. The van der Waals surface area contributed by atoms with Gasteiger partial charge in [-0.25, -0.2) is 0 Å². The van der Waals surface area contributed by atoms with Gasteiger partial charge in [-0.05, 0) is 120 Å². The summed E-state index contributed by atoms with van der Waals surface area (Å²) in [6, 6.07) is 20.5. The fraction of sp³-hybridized carbons (Fsp3) is 0.379. The van der Waals surface area contributed by atoms with Crippen LogP contribution in [0, 0.1) is 0 Å². The Balaban J connectivity index is 1.59. The van der Waals surface area contributed by atoms with E-state index in [1.54, 1.807) is 19.1 Å². The van der Waals surface area contributed by atoms with Crippen molar-refractivity contribution in [2.75, 3.05) is 42.7 Å². The number of phenolic OH excluding ortho intramolecular Hbond substituents is 2. The molecule has 0 aliphatic carbocycles. The first-order valence-electron chi connectivity index (χ1n) is 24.2. The molecule has 6 aromatic carbocycles. The number of phenols is 4. The number of ether oxygens (including phenoxy) is 6. The molecule has 0 fully saturated rings. The molecule has 0 amide bonds. The predicted octanol–water partition coefficient (Wildman–Crippen LogP) is 6.42. The first-order valence-corrected chi connectivity index (χ1v) is 24.2. The average molecular weight is 1060 g/mol. The largest absolute Gasteiger partial charge is 0.507 e. The minimum atomic E-state index is -1.38. The summed E-state index contributed by atoms with van der Waals surface area (Å²) in [5, 5.41) is 108. The van der Waals surface area contributed by atoms with Gasteiger partial charge in [-0.15, -0.1) is 0 Å². The molecule has 0 spiro atoms. The molecule has 0 atom stereocenters. The minimum Gasteiger partial charge on any atom is -0.507 e. The lowest BCUT2D eigenvalue weighted by molar-refractivity contribution is -0.106. The van der Waals surface area contributed by atoms with Crippen molar-refractivity contribution < 1.29 is 89.3 Å². The van der Waals surface area contributed by atoms with Crippen LogP contribution in [0.5, 0.6) is 34.5 Å². The summed E-state index contributed by atoms with van der Waals surface area (Å²) in [4.78, 5) is 12.5. The minimum absolute atomic E-state index is 0.0166. The lowest BCUT2D eigenvalue weighted by Crippen LogP contribution is -2.28. The molecule has 10 N–H and O–H groups in total. The normalized spacial score (nSPS) is 11.9. The highest BCUT2D eigenvalue weighted by molar-refractivity contribution is 5.62. The summed E-state index contributed by atoms with van der Waals surface area (Å²) in [5.74, 6) is -0.469. The molecule has 0 aliphatic rings. The number of methoxy groups -OCH3 is 6. The van der Waals surface area contributed by atoms with E-state index in [0.717, 1.165) is 0 Å². The maximum Gasteiger partial charge on any atom is 0.189 e. The number of aromatic hydroxyl groups is 4. The fourth-order valence-electron chi connectivity index (χ4n) is 9.88. The Hall–Kier alpha value is -6.36. The summed E-state index contributed by atoms with van der Waals surface area (Å²) in [6.07, 6.45) is 0. The maximum atomic E-state index is 11.4. The number of aliphatic hydroxyl groups excluding tert-OH is 6. The van der Waals surface area contributed by atoms with Crippen molar-refractivity contribution in [1.29, 1.82) is 0 Å². The van der Waals surface area contributed by atoms with Gasteiger partial charge in [0.1, 0.15) is 23.0 Å². The highest BCUT2D eigenvalue weighted by atomic mass is 17.2. The lowest BCUT2D eigenvalue weighted by Gasteiger charge is -2.35. The molecule has 0 heterocycles. The number of hydrogen-bond acceptors (Lipinski definition) is 18. The van der Waals surface area contributed by atoms with Crippen LogP contribution >= 0.6 is 0 Å². The second-order valence-corrected chi connectivity index (χ2v) is 18.8. The van der Waals surface area contributed by atoms with Crippen molar-refractivity contribution in [2.45, 2.75) is 104 Å². The molecular weight excluding hydrogens is 985 g/mol. The standard InChI is InChI=1S/C58H70O18/c1-57(45-9-33(21-59)51(65)34(10-45)22-60,46-11-35(23-61)52(66)36(12-46)24-62)47-13-37(25-63)55(38(14-47)26-64)75-76-56-43(31-73-7)19-50(20-44(56)32-74-8)58(2,48-15-39(27-69-3)53(67)40(16-48)28-70-4)49-17-41(29-71-5)54(68)42(18-49)30-72-6/h9-20,59-68H,21-32H2,1-8H3. The molecule has 0 aliphatic heterocycles. The van der Waals surface area contributed by atoms with E-state index in [0.29, 0.717) is 66.8 Å². The molecule has 6 rings (SSSR count). The number of aliphatic hydroxyl groups is 6. The SMILES string of the molecule is COCc1cc(C(C)(c2cc(COC)c(O)c(COC)c2)c2cc(COC)c(OOc3c(CO)cc(C(C)(c4cc(CO)c(O)c(CO)c4)c4cc(CO)c(O)c(CO)c4)cc3CO)c(COC)c2)cc(COC)c1O. The monoisotopic (exact) mass is 1050 g/mol. The van der Waals surface area contributed by atoms with E-state index < -0.39 is 50.5 Å². The van der Waals surface area contributed by atoms with Crippen LogP contribution in [0.3, 0.4) is 0 Å². The van der Waals surface area contributed by atoms with Gasteiger partial charge in [-0.1, -0.05) is 0 Å². The van der Waals surface area contributed by atoms with Gasteiger partial charge in [0.15, 0.2) is 11.5 Å². The molecule has 0 unspecified atom stereocenters. The second kappa shape index (κ2) is 26.1. The van der Waals surface area contributed by atoms with Crippen LogP contribution in [0.1, 0.15) is 114 Å². The second-order valence-electron chi connectivity index (χ2n) is 18.8. The van der Waals surface area contributed by atoms with E-state index in [4.69, 9.17) is 38.2 Å².